The summed E-state index contributed by atoms with van der Waals surface area (Å²) in [4.78, 5) is 50.0. The summed E-state index contributed by atoms with van der Waals surface area (Å²) in [6.07, 6.45) is 7.09. The molecule has 1 aromatic carbocycles. The normalized spacial score (nSPS) is 26.1. The van der Waals surface area contributed by atoms with Crippen LogP contribution in [0.3, 0.4) is 0 Å². The van der Waals surface area contributed by atoms with E-state index in [0.29, 0.717) is 32.5 Å². The summed E-state index contributed by atoms with van der Waals surface area (Å²) in [5.41, 5.74) is 1.87. The molecule has 0 aliphatic carbocycles. The molecule has 3 heterocycles. The number of carbonyl (C=O) groups excluding carboxylic acids is 3. The lowest BCUT2D eigenvalue weighted by molar-refractivity contribution is -0.143. The van der Waals surface area contributed by atoms with Gasteiger partial charge < -0.3 is 24.7 Å². The Morgan fingerprint density at radius 2 is 1.71 bits per heavy atom. The van der Waals surface area contributed by atoms with E-state index in [1.165, 1.54) is 0 Å². The molecule has 1 aromatic rings. The highest BCUT2D eigenvalue weighted by molar-refractivity contribution is 8.02. The van der Waals surface area contributed by atoms with Crippen LogP contribution < -0.4 is 9.80 Å². The number of nitrogens with zero attached hydrogens (tertiary/aromatic N) is 4. The van der Waals surface area contributed by atoms with Crippen molar-refractivity contribution in [2.24, 2.45) is 11.8 Å². The average molecular weight is 583 g/mol. The first-order valence-electron chi connectivity index (χ1n) is 15.0. The second-order valence-corrected chi connectivity index (χ2v) is 12.9. The molecule has 3 amide bonds. The maximum atomic E-state index is 14.7. The van der Waals surface area contributed by atoms with Crippen molar-refractivity contribution < 1.29 is 19.5 Å². The summed E-state index contributed by atoms with van der Waals surface area (Å²) >= 11 is 1.70. The van der Waals surface area contributed by atoms with Crippen molar-refractivity contribution in [3.8, 4) is 0 Å². The Balaban J connectivity index is 1.71. The van der Waals surface area contributed by atoms with Crippen LogP contribution >= 0.6 is 11.8 Å². The molecular formula is C32H46N4O4S. The third kappa shape index (κ3) is 5.67. The van der Waals surface area contributed by atoms with Gasteiger partial charge >= 0.3 is 0 Å². The minimum Gasteiger partial charge on any atom is -0.396 e. The summed E-state index contributed by atoms with van der Waals surface area (Å²) in [7, 11) is 1.76. The number of aliphatic hydroxyl groups excluding tert-OH is 1. The second-order valence-electron chi connectivity index (χ2n) is 11.3. The number of rotatable bonds is 15. The number of unbranched alkanes of at least 4 members (excludes halogenated alkanes) is 2. The monoisotopic (exact) mass is 582 g/mol. The summed E-state index contributed by atoms with van der Waals surface area (Å²) in [5.74, 6) is -1.19. The van der Waals surface area contributed by atoms with Gasteiger partial charge in [0.2, 0.25) is 11.8 Å². The van der Waals surface area contributed by atoms with Gasteiger partial charge in [-0.15, -0.1) is 24.9 Å². The molecule has 3 fully saturated rings. The predicted octanol–water partition coefficient (Wildman–Crippen LogP) is 3.95. The molecule has 0 aromatic heterocycles. The molecule has 3 saturated heterocycles. The minimum atomic E-state index is -0.658. The van der Waals surface area contributed by atoms with Gasteiger partial charge in [0, 0.05) is 63.0 Å². The van der Waals surface area contributed by atoms with E-state index in [1.54, 1.807) is 45.7 Å². The van der Waals surface area contributed by atoms with E-state index in [9.17, 15) is 19.5 Å². The number of hydrogen-bond donors (Lipinski definition) is 1. The molecule has 0 radical (unpaired) electrons. The van der Waals surface area contributed by atoms with Crippen LogP contribution in [0.25, 0.3) is 0 Å². The number of aliphatic hydroxyl groups is 1. The smallest absolute Gasteiger partial charge is 0.251 e. The maximum Gasteiger partial charge on any atom is 0.251 e. The van der Waals surface area contributed by atoms with Crippen molar-refractivity contribution in [1.82, 2.24) is 9.80 Å². The number of carbonyl (C=O) groups is 3. The van der Waals surface area contributed by atoms with Gasteiger partial charge in [0.05, 0.1) is 16.6 Å². The van der Waals surface area contributed by atoms with E-state index in [1.807, 2.05) is 24.3 Å². The predicted molar refractivity (Wildman–Crippen MR) is 167 cm³/mol. The highest BCUT2D eigenvalue weighted by atomic mass is 32.2. The van der Waals surface area contributed by atoms with Crippen LogP contribution in [-0.2, 0) is 14.4 Å². The highest BCUT2D eigenvalue weighted by Crippen LogP contribution is 2.66. The number of amides is 3. The van der Waals surface area contributed by atoms with Crippen LogP contribution in [0.1, 0.15) is 46.0 Å². The number of benzene rings is 1. The third-order valence-electron chi connectivity index (χ3n) is 9.02. The van der Waals surface area contributed by atoms with E-state index in [2.05, 4.69) is 31.9 Å². The van der Waals surface area contributed by atoms with Crippen molar-refractivity contribution >= 4 is 40.9 Å². The standard InChI is InChI=1S/C32H46N4O4S/c1-6-19-33(5)29(38)26-25-17-18-32(41-25)27(26)30(39)36(21-11-10-12-22-37)28(32)31(40)35(20-7-2)24-15-13-23(14-16-24)34(8-3)9-4/h6-7,13-16,25-28,37H,1-2,8-12,17-22H2,3-5H3/t25-,26+,27+,28?,32?/m1/s1. The van der Waals surface area contributed by atoms with Gasteiger partial charge in [0.25, 0.3) is 5.91 Å². The first-order chi connectivity index (χ1) is 19.8. The summed E-state index contributed by atoms with van der Waals surface area (Å²) in [6, 6.07) is 7.37. The number of likely N-dealkylation sites (tertiary alicyclic amines) is 1. The zero-order valence-electron chi connectivity index (χ0n) is 24.8. The van der Waals surface area contributed by atoms with E-state index in [0.717, 1.165) is 43.7 Å². The van der Waals surface area contributed by atoms with Crippen molar-refractivity contribution in [1.29, 1.82) is 0 Å². The molecule has 1 spiro atoms. The summed E-state index contributed by atoms with van der Waals surface area (Å²) in [5, 5.41) is 9.32. The van der Waals surface area contributed by atoms with Crippen LogP contribution in [0, 0.1) is 11.8 Å². The van der Waals surface area contributed by atoms with Gasteiger partial charge in [0.1, 0.15) is 6.04 Å². The lowest BCUT2D eigenvalue weighted by Gasteiger charge is -2.37. The zero-order valence-corrected chi connectivity index (χ0v) is 25.7. The van der Waals surface area contributed by atoms with Crippen molar-refractivity contribution in [2.45, 2.75) is 62.0 Å². The molecule has 9 heteroatoms. The molecule has 2 bridgehead atoms. The Labute approximate surface area is 249 Å². The van der Waals surface area contributed by atoms with Gasteiger partial charge in [-0.1, -0.05) is 12.2 Å². The molecule has 3 aliphatic heterocycles. The summed E-state index contributed by atoms with van der Waals surface area (Å²) < 4.78 is -0.633. The fourth-order valence-electron chi connectivity index (χ4n) is 7.09. The number of anilines is 2. The molecule has 3 aliphatic rings. The SMILES string of the molecule is C=CCN(C)C(=O)[C@@H]1[C@H]2C(=O)N(CCCCCO)C(C(=O)N(CC=C)c3ccc(N(CC)CC)cc3)C23CC[C@H]1S3. The molecule has 4 rings (SSSR count). The Kier molecular flexibility index (Phi) is 10.2. The number of hydrogen-bond acceptors (Lipinski definition) is 6. The van der Waals surface area contributed by atoms with Gasteiger partial charge in [-0.2, -0.15) is 0 Å². The lowest BCUT2D eigenvalue weighted by Crippen LogP contribution is -2.55. The summed E-state index contributed by atoms with van der Waals surface area (Å²) in [6.45, 7) is 15.0. The Morgan fingerprint density at radius 1 is 1.05 bits per heavy atom. The Morgan fingerprint density at radius 3 is 2.32 bits per heavy atom. The average Bonchev–Trinajstić information content (AvgIpc) is 3.62. The zero-order chi connectivity index (χ0) is 29.7. The van der Waals surface area contributed by atoms with Gasteiger partial charge in [-0.25, -0.2) is 0 Å². The van der Waals surface area contributed by atoms with Gasteiger partial charge in [-0.05, 0) is 70.2 Å². The lowest BCUT2D eigenvalue weighted by atomic mass is 9.70. The van der Waals surface area contributed by atoms with Crippen LogP contribution in [-0.4, -0.2) is 95.0 Å². The van der Waals surface area contributed by atoms with Crippen LogP contribution in [0.5, 0.6) is 0 Å². The second kappa shape index (κ2) is 13.5. The largest absolute Gasteiger partial charge is 0.396 e. The molecule has 1 N–H and O–H groups in total. The Bertz CT molecular complexity index is 1120. The maximum absolute atomic E-state index is 14.7. The van der Waals surface area contributed by atoms with Crippen LogP contribution in [0.2, 0.25) is 0 Å². The molecular weight excluding hydrogens is 536 g/mol. The van der Waals surface area contributed by atoms with E-state index >= 15 is 0 Å². The van der Waals surface area contributed by atoms with Crippen molar-refractivity contribution in [2.75, 3.05) is 56.2 Å². The molecule has 2 unspecified atom stereocenters. The molecule has 8 nitrogen and oxygen atoms in total. The van der Waals surface area contributed by atoms with Gasteiger partial charge in [0.15, 0.2) is 0 Å². The van der Waals surface area contributed by atoms with Crippen molar-refractivity contribution in [3.63, 3.8) is 0 Å². The molecule has 41 heavy (non-hydrogen) atoms. The van der Waals surface area contributed by atoms with Crippen molar-refractivity contribution in [3.05, 3.63) is 49.6 Å². The minimum absolute atomic E-state index is 0.0248. The number of likely N-dealkylation sites (N-methyl/N-ethyl adjacent to an activating group) is 1. The van der Waals surface area contributed by atoms with Crippen LogP contribution in [0.15, 0.2) is 49.6 Å². The number of fused-ring (bicyclic) bond motifs is 1. The first kappa shape index (κ1) is 31.2. The molecule has 0 saturated carbocycles. The highest BCUT2D eigenvalue weighted by Gasteiger charge is 2.73. The fourth-order valence-corrected chi connectivity index (χ4v) is 9.30. The number of thioether (sulfide) groups is 1. The molecule has 224 valence electrons. The first-order valence-corrected chi connectivity index (χ1v) is 15.9. The Hall–Kier alpha value is -2.78. The van der Waals surface area contributed by atoms with E-state index in [4.69, 9.17) is 0 Å². The van der Waals surface area contributed by atoms with Crippen LogP contribution in [0.4, 0.5) is 11.4 Å². The third-order valence-corrected chi connectivity index (χ3v) is 11.0. The van der Waals surface area contributed by atoms with E-state index < -0.39 is 22.6 Å². The topological polar surface area (TPSA) is 84.4 Å². The fraction of sp³-hybridized carbons (Fsp3) is 0.594. The van der Waals surface area contributed by atoms with E-state index in [-0.39, 0.29) is 29.6 Å². The quantitative estimate of drug-likeness (QED) is 0.249. The van der Waals surface area contributed by atoms with Gasteiger partial charge in [-0.3, -0.25) is 14.4 Å². The molecule has 5 atom stereocenters.